The van der Waals surface area contributed by atoms with Gasteiger partial charge in [-0.15, -0.1) is 0 Å². The van der Waals surface area contributed by atoms with Crippen LogP contribution in [-0.4, -0.2) is 38.9 Å². The Morgan fingerprint density at radius 1 is 0.857 bits per heavy atom. The summed E-state index contributed by atoms with van der Waals surface area (Å²) in [7, 11) is 1.34. The van der Waals surface area contributed by atoms with Crippen LogP contribution < -0.4 is 20.7 Å². The molecule has 0 spiro atoms. The summed E-state index contributed by atoms with van der Waals surface area (Å²) in [6, 6.07) is 27.7. The van der Waals surface area contributed by atoms with Crippen molar-refractivity contribution in [2.24, 2.45) is 0 Å². The lowest BCUT2D eigenvalue weighted by molar-refractivity contribution is 0.0600. The standard InChI is InChI=1S/C38H37N7O4/c1-5-6-9-27-23-34(45(44-27)29-14-12-24(2)13-15-29)42-38(47)41-32-16-17-33(31-11-8-7-10-30(31)32)49-35-18-19-39-37(43-35)40-28-21-25(3)20-26(22-28)36(46)48-4/h7-8,10-23H,5-6,9H2,1-4H3,(H,39,40,43)(H2,41,42,47). The van der Waals surface area contributed by atoms with Gasteiger partial charge < -0.3 is 20.1 Å². The highest BCUT2D eigenvalue weighted by Gasteiger charge is 2.16. The Hall–Kier alpha value is -6.23. The summed E-state index contributed by atoms with van der Waals surface area (Å²) in [6.07, 6.45) is 4.47. The summed E-state index contributed by atoms with van der Waals surface area (Å²) in [6.45, 7) is 6.06. The average molecular weight is 656 g/mol. The van der Waals surface area contributed by atoms with Gasteiger partial charge in [0.1, 0.15) is 11.6 Å². The molecule has 248 valence electrons. The number of unbranched alkanes of at least 4 members (excludes halogenated alkanes) is 1. The van der Waals surface area contributed by atoms with Crippen molar-refractivity contribution < 1.29 is 19.1 Å². The van der Waals surface area contributed by atoms with Crippen LogP contribution in [0.4, 0.5) is 27.9 Å². The van der Waals surface area contributed by atoms with E-state index in [4.69, 9.17) is 14.6 Å². The first-order valence-electron chi connectivity index (χ1n) is 16.0. The van der Waals surface area contributed by atoms with E-state index in [1.165, 1.54) is 7.11 Å². The maximum Gasteiger partial charge on any atom is 0.337 e. The number of benzene rings is 4. The largest absolute Gasteiger partial charge is 0.465 e. The zero-order valence-corrected chi connectivity index (χ0v) is 27.8. The van der Waals surface area contributed by atoms with Crippen LogP contribution in [-0.2, 0) is 11.2 Å². The lowest BCUT2D eigenvalue weighted by Gasteiger charge is -2.14. The molecule has 0 aliphatic rings. The van der Waals surface area contributed by atoms with Gasteiger partial charge in [-0.2, -0.15) is 10.1 Å². The van der Waals surface area contributed by atoms with E-state index in [0.717, 1.165) is 52.5 Å². The summed E-state index contributed by atoms with van der Waals surface area (Å²) in [4.78, 5) is 34.3. The van der Waals surface area contributed by atoms with Crippen molar-refractivity contribution >= 4 is 45.9 Å². The molecule has 3 N–H and O–H groups in total. The fourth-order valence-corrected chi connectivity index (χ4v) is 5.41. The highest BCUT2D eigenvalue weighted by molar-refractivity contribution is 6.07. The summed E-state index contributed by atoms with van der Waals surface area (Å²) in [5, 5.41) is 15.5. The number of aryl methyl sites for hydroxylation is 3. The number of carbonyl (C=O) groups excluding carboxylic acids is 2. The predicted octanol–water partition coefficient (Wildman–Crippen LogP) is 8.74. The number of rotatable bonds is 11. The van der Waals surface area contributed by atoms with Crippen LogP contribution in [0.25, 0.3) is 16.5 Å². The minimum absolute atomic E-state index is 0.293. The number of hydrogen-bond donors (Lipinski definition) is 3. The van der Waals surface area contributed by atoms with Crippen molar-refractivity contribution in [2.75, 3.05) is 23.1 Å². The van der Waals surface area contributed by atoms with Crippen LogP contribution in [0.3, 0.4) is 0 Å². The van der Waals surface area contributed by atoms with Crippen molar-refractivity contribution in [3.63, 3.8) is 0 Å². The van der Waals surface area contributed by atoms with Crippen molar-refractivity contribution in [3.8, 4) is 17.3 Å². The Morgan fingerprint density at radius 3 is 2.43 bits per heavy atom. The molecule has 0 aliphatic carbocycles. The van der Waals surface area contributed by atoms with Gasteiger partial charge in [-0.25, -0.2) is 19.3 Å². The van der Waals surface area contributed by atoms with Gasteiger partial charge in [-0.05, 0) is 74.7 Å². The number of methoxy groups -OCH3 is 1. The monoisotopic (exact) mass is 655 g/mol. The summed E-state index contributed by atoms with van der Waals surface area (Å²) < 4.78 is 12.9. The number of aromatic nitrogens is 4. The molecule has 2 aromatic heterocycles. The molecular weight excluding hydrogens is 618 g/mol. The second-order valence-corrected chi connectivity index (χ2v) is 11.6. The van der Waals surface area contributed by atoms with Crippen LogP contribution in [0.15, 0.2) is 97.2 Å². The molecule has 0 saturated heterocycles. The Morgan fingerprint density at radius 2 is 1.65 bits per heavy atom. The highest BCUT2D eigenvalue weighted by Crippen LogP contribution is 2.34. The number of nitrogens with one attached hydrogen (secondary N) is 3. The van der Waals surface area contributed by atoms with Crippen molar-refractivity contribution in [2.45, 2.75) is 40.0 Å². The molecule has 11 heteroatoms. The van der Waals surface area contributed by atoms with E-state index >= 15 is 0 Å². The second-order valence-electron chi connectivity index (χ2n) is 11.6. The SMILES string of the molecule is CCCCc1cc(NC(=O)Nc2ccc(Oc3ccnc(Nc4cc(C)cc(C(=O)OC)c4)n3)c3ccccc23)n(-c2ccc(C)cc2)n1. The Kier molecular flexibility index (Phi) is 9.80. The minimum Gasteiger partial charge on any atom is -0.465 e. The molecule has 0 bridgehead atoms. The lowest BCUT2D eigenvalue weighted by Crippen LogP contribution is -2.21. The van der Waals surface area contributed by atoms with Crippen molar-refractivity contribution in [1.29, 1.82) is 0 Å². The number of ether oxygens (including phenoxy) is 2. The molecule has 0 aliphatic heterocycles. The van der Waals surface area contributed by atoms with E-state index < -0.39 is 12.0 Å². The molecule has 0 atom stereocenters. The number of urea groups is 1. The van der Waals surface area contributed by atoms with E-state index in [1.807, 2.05) is 74.5 Å². The quantitative estimate of drug-likeness (QED) is 0.118. The first-order chi connectivity index (χ1) is 23.8. The number of amides is 2. The molecule has 0 unspecified atom stereocenters. The molecule has 4 aromatic carbocycles. The Balaban J connectivity index is 1.21. The van der Waals surface area contributed by atoms with Crippen LogP contribution in [0.2, 0.25) is 0 Å². The first kappa shape index (κ1) is 32.7. The number of anilines is 4. The number of carbonyl (C=O) groups is 2. The normalized spacial score (nSPS) is 10.9. The summed E-state index contributed by atoms with van der Waals surface area (Å²) in [5.74, 6) is 1.30. The highest BCUT2D eigenvalue weighted by atomic mass is 16.5. The number of esters is 1. The smallest absolute Gasteiger partial charge is 0.337 e. The Bertz CT molecular complexity index is 2130. The van der Waals surface area contributed by atoms with Crippen LogP contribution >= 0.6 is 0 Å². The number of hydrogen-bond acceptors (Lipinski definition) is 8. The molecule has 11 nitrogen and oxygen atoms in total. The fraction of sp³-hybridized carbons (Fsp3) is 0.184. The maximum atomic E-state index is 13.4. The van der Waals surface area contributed by atoms with E-state index in [-0.39, 0.29) is 0 Å². The molecule has 2 heterocycles. The van der Waals surface area contributed by atoms with Gasteiger partial charge in [0.15, 0.2) is 0 Å². The van der Waals surface area contributed by atoms with E-state index in [9.17, 15) is 9.59 Å². The fourth-order valence-electron chi connectivity index (χ4n) is 5.41. The van der Waals surface area contributed by atoms with Crippen LogP contribution in [0.5, 0.6) is 11.6 Å². The van der Waals surface area contributed by atoms with E-state index in [0.29, 0.717) is 40.3 Å². The lowest BCUT2D eigenvalue weighted by atomic mass is 10.1. The molecule has 0 saturated carbocycles. The van der Waals surface area contributed by atoms with Gasteiger partial charge in [0.25, 0.3) is 0 Å². The molecule has 49 heavy (non-hydrogen) atoms. The molecule has 2 amide bonds. The third-order valence-corrected chi connectivity index (χ3v) is 7.80. The van der Waals surface area contributed by atoms with E-state index in [2.05, 4.69) is 32.8 Å². The molecule has 0 radical (unpaired) electrons. The average Bonchev–Trinajstić information content (AvgIpc) is 3.50. The second kappa shape index (κ2) is 14.7. The number of fused-ring (bicyclic) bond motifs is 1. The van der Waals surface area contributed by atoms with Gasteiger partial charge >= 0.3 is 12.0 Å². The van der Waals surface area contributed by atoms with Gasteiger partial charge in [0.2, 0.25) is 11.8 Å². The zero-order chi connectivity index (χ0) is 34.3. The van der Waals surface area contributed by atoms with Gasteiger partial charge in [0, 0.05) is 34.8 Å². The third-order valence-electron chi connectivity index (χ3n) is 7.80. The Labute approximate surface area is 284 Å². The van der Waals surface area contributed by atoms with Crippen LogP contribution in [0, 0.1) is 13.8 Å². The van der Waals surface area contributed by atoms with Crippen LogP contribution in [0.1, 0.15) is 46.9 Å². The third kappa shape index (κ3) is 7.84. The number of nitrogens with zero attached hydrogens (tertiary/aromatic N) is 4. The maximum absolute atomic E-state index is 13.4. The topological polar surface area (TPSA) is 132 Å². The zero-order valence-electron chi connectivity index (χ0n) is 27.8. The van der Waals surface area contributed by atoms with Gasteiger partial charge in [0.05, 0.1) is 29.7 Å². The molecule has 0 fully saturated rings. The summed E-state index contributed by atoms with van der Waals surface area (Å²) in [5.41, 5.74) is 5.46. The van der Waals surface area contributed by atoms with Gasteiger partial charge in [-0.1, -0.05) is 55.3 Å². The van der Waals surface area contributed by atoms with E-state index in [1.54, 1.807) is 41.2 Å². The first-order valence-corrected chi connectivity index (χ1v) is 16.0. The summed E-state index contributed by atoms with van der Waals surface area (Å²) >= 11 is 0. The van der Waals surface area contributed by atoms with Crippen molar-refractivity contribution in [1.82, 2.24) is 19.7 Å². The molecule has 6 rings (SSSR count). The molecular formula is C38H37N7O4. The van der Waals surface area contributed by atoms with Gasteiger partial charge in [-0.3, -0.25) is 5.32 Å². The predicted molar refractivity (Wildman–Crippen MR) is 191 cm³/mol. The minimum atomic E-state index is -0.433. The molecule has 6 aromatic rings. The van der Waals surface area contributed by atoms with Crippen molar-refractivity contribution in [3.05, 3.63) is 120 Å².